The van der Waals surface area contributed by atoms with Crippen LogP contribution >= 0.6 is 15.9 Å². The van der Waals surface area contributed by atoms with Crippen molar-refractivity contribution in [3.63, 3.8) is 0 Å². The zero-order valence-electron chi connectivity index (χ0n) is 18.5. The van der Waals surface area contributed by atoms with E-state index in [1.54, 1.807) is 30.3 Å². The van der Waals surface area contributed by atoms with E-state index in [0.717, 1.165) is 16.3 Å². The van der Waals surface area contributed by atoms with Crippen molar-refractivity contribution in [3.8, 4) is 11.8 Å². The first-order chi connectivity index (χ1) is 16.7. The Labute approximate surface area is 211 Å². The first-order valence-corrected chi connectivity index (χ1v) is 12.7. The van der Waals surface area contributed by atoms with Gasteiger partial charge in [0.2, 0.25) is 0 Å². The number of benzene rings is 4. The van der Waals surface area contributed by atoms with Crippen molar-refractivity contribution in [3.05, 3.63) is 106 Å². The molecule has 0 aliphatic rings. The number of anilines is 1. The van der Waals surface area contributed by atoms with E-state index in [-0.39, 0.29) is 16.2 Å². The molecule has 0 heterocycles. The average molecular weight is 547 g/mol. The number of rotatable bonds is 6. The molecule has 6 nitrogen and oxygen atoms in total. The molecule has 0 aliphatic carbocycles. The summed E-state index contributed by atoms with van der Waals surface area (Å²) in [5, 5.41) is 14.3. The number of carbonyl (C=O) groups excluding carboxylic acids is 1. The third-order valence-electron chi connectivity index (χ3n) is 5.15. The highest BCUT2D eigenvalue weighted by molar-refractivity contribution is 9.10. The maximum Gasteiger partial charge on any atom is 0.339 e. The van der Waals surface area contributed by atoms with Gasteiger partial charge in [-0.3, -0.25) is 4.79 Å². The van der Waals surface area contributed by atoms with E-state index in [1.165, 1.54) is 24.3 Å². The number of hydrogen-bond donors (Lipinski definition) is 1. The lowest BCUT2D eigenvalue weighted by Crippen LogP contribution is -2.13. The quantitative estimate of drug-likeness (QED) is 0.176. The van der Waals surface area contributed by atoms with Gasteiger partial charge in [-0.2, -0.15) is 13.7 Å². The van der Waals surface area contributed by atoms with Crippen LogP contribution in [0.4, 0.5) is 5.69 Å². The van der Waals surface area contributed by atoms with Crippen LogP contribution in [-0.4, -0.2) is 14.3 Å². The molecule has 0 bridgehead atoms. The van der Waals surface area contributed by atoms with Crippen molar-refractivity contribution in [1.29, 1.82) is 5.26 Å². The van der Waals surface area contributed by atoms with Gasteiger partial charge in [-0.15, -0.1) is 0 Å². The van der Waals surface area contributed by atoms with E-state index in [4.69, 9.17) is 4.18 Å². The van der Waals surface area contributed by atoms with Crippen LogP contribution in [0.5, 0.6) is 5.75 Å². The molecular formula is C27H19BrN2O4S. The first kappa shape index (κ1) is 24.2. The maximum atomic E-state index is 12.7. The first-order valence-electron chi connectivity index (χ1n) is 10.5. The molecule has 0 spiro atoms. The van der Waals surface area contributed by atoms with Crippen LogP contribution in [-0.2, 0) is 14.9 Å². The number of nitriles is 1. The Bertz CT molecular complexity index is 1600. The van der Waals surface area contributed by atoms with E-state index < -0.39 is 16.0 Å². The Hall–Kier alpha value is -3.93. The number of nitrogens with one attached hydrogen (secondary N) is 1. The second-order valence-corrected chi connectivity index (χ2v) is 10.1. The van der Waals surface area contributed by atoms with Crippen LogP contribution in [0.3, 0.4) is 0 Å². The minimum Gasteiger partial charge on any atom is -0.378 e. The number of fused-ring (bicyclic) bond motifs is 1. The van der Waals surface area contributed by atoms with Crippen LogP contribution in [0.1, 0.15) is 11.1 Å². The summed E-state index contributed by atoms with van der Waals surface area (Å²) in [5.74, 6) is -0.469. The lowest BCUT2D eigenvalue weighted by atomic mass is 10.1. The van der Waals surface area contributed by atoms with Gasteiger partial charge in [0.1, 0.15) is 16.5 Å². The summed E-state index contributed by atoms with van der Waals surface area (Å²) < 4.78 is 30.8. The fourth-order valence-corrected chi connectivity index (χ4v) is 4.86. The third kappa shape index (κ3) is 5.77. The SMILES string of the molecule is Cc1ccc(S(=O)(=O)Oc2ccc(/C=C(\C#N)C(=O)Nc3ccc4ccccc4c3)cc2Br)cc1. The summed E-state index contributed by atoms with van der Waals surface area (Å²) in [6.45, 7) is 1.86. The van der Waals surface area contributed by atoms with Gasteiger partial charge in [0.15, 0.2) is 5.75 Å². The van der Waals surface area contributed by atoms with Crippen molar-refractivity contribution in [2.75, 3.05) is 5.32 Å². The number of hydrogen-bond acceptors (Lipinski definition) is 5. The van der Waals surface area contributed by atoms with Gasteiger partial charge < -0.3 is 9.50 Å². The average Bonchev–Trinajstić information content (AvgIpc) is 2.84. The van der Waals surface area contributed by atoms with Gasteiger partial charge in [0.05, 0.1) is 4.47 Å². The largest absolute Gasteiger partial charge is 0.378 e. The smallest absolute Gasteiger partial charge is 0.339 e. The highest BCUT2D eigenvalue weighted by Gasteiger charge is 2.18. The molecule has 0 saturated carbocycles. The Balaban J connectivity index is 1.52. The van der Waals surface area contributed by atoms with E-state index in [9.17, 15) is 18.5 Å². The molecule has 4 rings (SSSR count). The fourth-order valence-electron chi connectivity index (χ4n) is 3.33. The molecule has 0 atom stereocenters. The molecule has 174 valence electrons. The van der Waals surface area contributed by atoms with Crippen molar-refractivity contribution < 1.29 is 17.4 Å². The molecule has 0 unspecified atom stereocenters. The molecule has 0 fully saturated rings. The van der Waals surface area contributed by atoms with Gasteiger partial charge in [0, 0.05) is 5.69 Å². The number of carbonyl (C=O) groups is 1. The summed E-state index contributed by atoms with van der Waals surface area (Å²) >= 11 is 3.31. The predicted molar refractivity (Wildman–Crippen MR) is 139 cm³/mol. The van der Waals surface area contributed by atoms with Crippen LogP contribution in [0.15, 0.2) is 99.9 Å². The Morgan fingerprint density at radius 3 is 2.37 bits per heavy atom. The van der Waals surface area contributed by atoms with Crippen LogP contribution in [0, 0.1) is 18.3 Å². The van der Waals surface area contributed by atoms with Crippen LogP contribution in [0.2, 0.25) is 0 Å². The number of aryl methyl sites for hydroxylation is 1. The minimum atomic E-state index is -4.02. The second-order valence-electron chi connectivity index (χ2n) is 7.73. The number of halogens is 1. The Morgan fingerprint density at radius 1 is 0.971 bits per heavy atom. The minimum absolute atomic E-state index is 0.0381. The highest BCUT2D eigenvalue weighted by Crippen LogP contribution is 2.30. The number of nitrogens with zero attached hydrogens (tertiary/aromatic N) is 1. The monoisotopic (exact) mass is 546 g/mol. The predicted octanol–water partition coefficient (Wildman–Crippen LogP) is 6.22. The summed E-state index contributed by atoms with van der Waals surface area (Å²) in [6.07, 6.45) is 1.42. The lowest BCUT2D eigenvalue weighted by molar-refractivity contribution is -0.112. The van der Waals surface area contributed by atoms with Crippen molar-refractivity contribution in [2.45, 2.75) is 11.8 Å². The zero-order chi connectivity index (χ0) is 25.0. The summed E-state index contributed by atoms with van der Waals surface area (Å²) in [5.41, 5.74) is 1.91. The molecule has 1 amide bonds. The molecule has 35 heavy (non-hydrogen) atoms. The van der Waals surface area contributed by atoms with E-state index in [1.807, 2.05) is 49.4 Å². The lowest BCUT2D eigenvalue weighted by Gasteiger charge is -2.10. The second kappa shape index (κ2) is 10.1. The molecule has 8 heteroatoms. The topological polar surface area (TPSA) is 96.3 Å². The van der Waals surface area contributed by atoms with Crippen molar-refractivity contribution >= 4 is 54.5 Å². The fraction of sp³-hybridized carbons (Fsp3) is 0.0370. The molecule has 4 aromatic rings. The maximum absolute atomic E-state index is 12.7. The van der Waals surface area contributed by atoms with E-state index >= 15 is 0 Å². The van der Waals surface area contributed by atoms with Gasteiger partial charge >= 0.3 is 10.1 Å². The standard InChI is InChI=1S/C27H19BrN2O4S/c1-18-6-11-24(12-7-18)35(32,33)34-26-13-8-19(15-25(26)28)14-22(17-29)27(31)30-23-10-9-20-4-2-3-5-21(20)16-23/h2-16H,1H3,(H,30,31)/b22-14+. The van der Waals surface area contributed by atoms with Crippen molar-refractivity contribution in [1.82, 2.24) is 0 Å². The summed E-state index contributed by atoms with van der Waals surface area (Å²) in [7, 11) is -4.02. The van der Waals surface area contributed by atoms with Crippen LogP contribution < -0.4 is 9.50 Å². The van der Waals surface area contributed by atoms with E-state index in [2.05, 4.69) is 21.2 Å². The zero-order valence-corrected chi connectivity index (χ0v) is 20.9. The summed E-state index contributed by atoms with van der Waals surface area (Å²) in [6, 6.07) is 26.1. The normalized spacial score (nSPS) is 11.6. The molecular weight excluding hydrogens is 528 g/mol. The van der Waals surface area contributed by atoms with E-state index in [0.29, 0.717) is 15.7 Å². The molecule has 0 aliphatic heterocycles. The number of amides is 1. The van der Waals surface area contributed by atoms with Gasteiger partial charge in [-0.05, 0) is 81.7 Å². The third-order valence-corrected chi connectivity index (χ3v) is 7.02. The molecule has 1 N–H and O–H groups in total. The molecule has 4 aromatic carbocycles. The highest BCUT2D eigenvalue weighted by atomic mass is 79.9. The van der Waals surface area contributed by atoms with Gasteiger partial charge in [-0.25, -0.2) is 0 Å². The Kier molecular flexibility index (Phi) is 7.01. The van der Waals surface area contributed by atoms with Crippen molar-refractivity contribution in [2.24, 2.45) is 0 Å². The molecule has 0 radical (unpaired) electrons. The van der Waals surface area contributed by atoms with Crippen LogP contribution in [0.25, 0.3) is 16.8 Å². The van der Waals surface area contributed by atoms with Gasteiger partial charge in [-0.1, -0.05) is 54.1 Å². The summed E-state index contributed by atoms with van der Waals surface area (Å²) in [4.78, 5) is 12.7. The van der Waals surface area contributed by atoms with Gasteiger partial charge in [0.25, 0.3) is 5.91 Å². The Morgan fingerprint density at radius 2 is 1.69 bits per heavy atom. The molecule has 0 aromatic heterocycles. The molecule has 0 saturated heterocycles.